The summed E-state index contributed by atoms with van der Waals surface area (Å²) in [6.45, 7) is 8.83. The molecular formula is C27H44O5. The average molecular weight is 449 g/mol. The van der Waals surface area contributed by atoms with Gasteiger partial charge in [0.1, 0.15) is 6.10 Å². The Hall–Kier alpha value is -1.10. The maximum atomic E-state index is 12.1. The van der Waals surface area contributed by atoms with Gasteiger partial charge >= 0.3 is 11.9 Å². The van der Waals surface area contributed by atoms with Crippen LogP contribution in [0.1, 0.15) is 91.9 Å². The van der Waals surface area contributed by atoms with Crippen LogP contribution in [0.25, 0.3) is 0 Å². The highest BCUT2D eigenvalue weighted by Crippen LogP contribution is 2.68. The number of hydrogen-bond donors (Lipinski definition) is 1. The van der Waals surface area contributed by atoms with Crippen LogP contribution in [0.5, 0.6) is 0 Å². The van der Waals surface area contributed by atoms with Gasteiger partial charge in [-0.3, -0.25) is 9.59 Å². The van der Waals surface area contributed by atoms with E-state index in [-0.39, 0.29) is 35.0 Å². The molecule has 4 rings (SSSR count). The van der Waals surface area contributed by atoms with E-state index in [2.05, 4.69) is 20.8 Å². The van der Waals surface area contributed by atoms with Crippen molar-refractivity contribution in [2.24, 2.45) is 46.3 Å². The summed E-state index contributed by atoms with van der Waals surface area (Å²) in [5, 5.41) is 10.4. The number of carbonyl (C=O) groups excluding carboxylic acids is 2. The molecule has 4 saturated carbocycles. The molecule has 0 amide bonds. The standard InChI is InChI=1S/C27H44O5/c1-16(6-9-24(30)31-5)20-7-8-21-25-22(11-13-27(20,21)4)26(3)12-10-19(29)14-18(26)15-23(25)32-17(2)28/h16,18-23,25,29H,6-15H2,1-5H3/t16-,18+,19-,20-,21?,22?,23-,25?,26+,27-/m1/s1. The second kappa shape index (κ2) is 8.92. The van der Waals surface area contributed by atoms with Gasteiger partial charge in [0.05, 0.1) is 13.2 Å². The zero-order valence-electron chi connectivity index (χ0n) is 20.8. The molecule has 0 aromatic rings. The Kier molecular flexibility index (Phi) is 6.70. The smallest absolute Gasteiger partial charge is 0.305 e. The first-order chi connectivity index (χ1) is 15.1. The van der Waals surface area contributed by atoms with Gasteiger partial charge in [-0.1, -0.05) is 20.8 Å². The lowest BCUT2D eigenvalue weighted by atomic mass is 9.43. The van der Waals surface area contributed by atoms with Gasteiger partial charge in [-0.2, -0.15) is 0 Å². The summed E-state index contributed by atoms with van der Waals surface area (Å²) in [7, 11) is 1.47. The second-order valence-electron chi connectivity index (χ2n) is 12.1. The van der Waals surface area contributed by atoms with Crippen LogP contribution >= 0.6 is 0 Å². The third-order valence-electron chi connectivity index (χ3n) is 10.7. The van der Waals surface area contributed by atoms with Crippen molar-refractivity contribution in [3.8, 4) is 0 Å². The van der Waals surface area contributed by atoms with Crippen molar-refractivity contribution in [3.63, 3.8) is 0 Å². The molecular weight excluding hydrogens is 404 g/mol. The largest absolute Gasteiger partial charge is 0.469 e. The SMILES string of the molecule is COC(=O)CC[C@@H](C)[C@H]1CCC2C3C(CC[C@@]21C)[C@@]1(C)CC[C@@H](O)C[C@H]1C[C@H]3OC(C)=O. The molecule has 10 atom stereocenters. The van der Waals surface area contributed by atoms with E-state index in [0.717, 1.165) is 32.1 Å². The monoisotopic (exact) mass is 448 g/mol. The molecule has 182 valence electrons. The molecule has 5 heteroatoms. The minimum Gasteiger partial charge on any atom is -0.469 e. The molecule has 4 aliphatic carbocycles. The number of esters is 2. The Bertz CT molecular complexity index is 721. The summed E-state index contributed by atoms with van der Waals surface area (Å²) in [5.74, 6) is 2.83. The summed E-state index contributed by atoms with van der Waals surface area (Å²) in [6.07, 6.45) is 9.75. The predicted octanol–water partition coefficient (Wildman–Crippen LogP) is 5.14. The van der Waals surface area contributed by atoms with Gasteiger partial charge in [-0.15, -0.1) is 0 Å². The Morgan fingerprint density at radius 3 is 2.41 bits per heavy atom. The molecule has 0 spiro atoms. The third kappa shape index (κ3) is 4.01. The van der Waals surface area contributed by atoms with Crippen molar-refractivity contribution in [1.29, 1.82) is 0 Å². The first-order valence-electron chi connectivity index (χ1n) is 13.0. The molecule has 0 bridgehead atoms. The summed E-state index contributed by atoms with van der Waals surface area (Å²) < 4.78 is 10.9. The lowest BCUT2D eigenvalue weighted by Crippen LogP contribution is -2.59. The highest BCUT2D eigenvalue weighted by Gasteiger charge is 2.63. The Labute approximate surface area is 194 Å². The summed E-state index contributed by atoms with van der Waals surface area (Å²) in [5.41, 5.74) is 0.489. The Morgan fingerprint density at radius 2 is 1.72 bits per heavy atom. The Morgan fingerprint density at radius 1 is 1.03 bits per heavy atom. The highest BCUT2D eigenvalue weighted by atomic mass is 16.5. The number of aliphatic hydroxyl groups is 1. The van der Waals surface area contributed by atoms with Crippen LogP contribution in [0.4, 0.5) is 0 Å². The molecule has 0 radical (unpaired) electrons. The second-order valence-corrected chi connectivity index (χ2v) is 12.1. The van der Waals surface area contributed by atoms with E-state index in [9.17, 15) is 14.7 Å². The Balaban J connectivity index is 1.59. The normalized spacial score (nSPS) is 46.4. The molecule has 0 aliphatic heterocycles. The van der Waals surface area contributed by atoms with Crippen LogP contribution in [0.15, 0.2) is 0 Å². The van der Waals surface area contributed by atoms with E-state index in [4.69, 9.17) is 9.47 Å². The molecule has 0 aromatic carbocycles. The molecule has 4 fully saturated rings. The van der Waals surface area contributed by atoms with Gasteiger partial charge < -0.3 is 14.6 Å². The van der Waals surface area contributed by atoms with Gasteiger partial charge in [0, 0.05) is 19.3 Å². The molecule has 0 aromatic heterocycles. The van der Waals surface area contributed by atoms with Crippen molar-refractivity contribution in [1.82, 2.24) is 0 Å². The van der Waals surface area contributed by atoms with Gasteiger partial charge in [0.25, 0.3) is 0 Å². The molecule has 4 aliphatic rings. The summed E-state index contributed by atoms with van der Waals surface area (Å²) in [4.78, 5) is 23.8. The van der Waals surface area contributed by atoms with Gasteiger partial charge in [0.15, 0.2) is 0 Å². The minimum atomic E-state index is -0.206. The van der Waals surface area contributed by atoms with Crippen LogP contribution in [0.3, 0.4) is 0 Å². The van der Waals surface area contributed by atoms with E-state index in [0.29, 0.717) is 41.9 Å². The van der Waals surface area contributed by atoms with Crippen molar-refractivity contribution in [3.05, 3.63) is 0 Å². The molecule has 5 nitrogen and oxygen atoms in total. The van der Waals surface area contributed by atoms with Crippen LogP contribution in [-0.2, 0) is 19.1 Å². The maximum absolute atomic E-state index is 12.1. The quantitative estimate of drug-likeness (QED) is 0.590. The predicted molar refractivity (Wildman–Crippen MR) is 123 cm³/mol. The number of carbonyl (C=O) groups is 2. The fourth-order valence-electron chi connectivity index (χ4n) is 9.13. The van der Waals surface area contributed by atoms with Crippen LogP contribution < -0.4 is 0 Å². The van der Waals surface area contributed by atoms with Gasteiger partial charge in [-0.05, 0) is 98.2 Å². The first-order valence-corrected chi connectivity index (χ1v) is 13.0. The van der Waals surface area contributed by atoms with E-state index in [1.165, 1.54) is 32.8 Å². The number of rotatable bonds is 5. The molecule has 1 N–H and O–H groups in total. The zero-order valence-corrected chi connectivity index (χ0v) is 20.8. The fraction of sp³-hybridized carbons (Fsp3) is 0.926. The lowest BCUT2D eigenvalue weighted by Gasteiger charge is -2.62. The number of methoxy groups -OCH3 is 1. The van der Waals surface area contributed by atoms with Gasteiger partial charge in [-0.25, -0.2) is 0 Å². The van der Waals surface area contributed by atoms with Crippen LogP contribution in [0.2, 0.25) is 0 Å². The van der Waals surface area contributed by atoms with Crippen molar-refractivity contribution in [2.75, 3.05) is 7.11 Å². The van der Waals surface area contributed by atoms with E-state index in [1.54, 1.807) is 6.92 Å². The highest BCUT2D eigenvalue weighted by molar-refractivity contribution is 5.69. The van der Waals surface area contributed by atoms with Crippen molar-refractivity contribution in [2.45, 2.75) is 104 Å². The molecule has 3 unspecified atom stereocenters. The average Bonchev–Trinajstić information content (AvgIpc) is 3.09. The third-order valence-corrected chi connectivity index (χ3v) is 10.7. The van der Waals surface area contributed by atoms with Crippen molar-refractivity contribution < 1.29 is 24.2 Å². The lowest BCUT2D eigenvalue weighted by molar-refractivity contribution is -0.194. The first kappa shape index (κ1) is 24.0. The number of fused-ring (bicyclic) bond motifs is 5. The minimum absolute atomic E-state index is 0.0189. The van der Waals surface area contributed by atoms with E-state index in [1.807, 2.05) is 0 Å². The van der Waals surface area contributed by atoms with E-state index < -0.39 is 0 Å². The van der Waals surface area contributed by atoms with Crippen LogP contribution in [-0.4, -0.2) is 36.4 Å². The molecule has 0 saturated heterocycles. The summed E-state index contributed by atoms with van der Waals surface area (Å²) in [6, 6.07) is 0. The topological polar surface area (TPSA) is 72.8 Å². The molecule has 32 heavy (non-hydrogen) atoms. The summed E-state index contributed by atoms with van der Waals surface area (Å²) >= 11 is 0. The number of hydrogen-bond acceptors (Lipinski definition) is 5. The van der Waals surface area contributed by atoms with E-state index >= 15 is 0 Å². The van der Waals surface area contributed by atoms with Crippen molar-refractivity contribution >= 4 is 11.9 Å². The fourth-order valence-corrected chi connectivity index (χ4v) is 9.13. The van der Waals surface area contributed by atoms with Gasteiger partial charge in [0.2, 0.25) is 0 Å². The zero-order chi connectivity index (χ0) is 23.3. The molecule has 0 heterocycles. The number of ether oxygens (including phenoxy) is 2. The number of aliphatic hydroxyl groups excluding tert-OH is 1. The van der Waals surface area contributed by atoms with Crippen LogP contribution in [0, 0.1) is 46.3 Å². The maximum Gasteiger partial charge on any atom is 0.305 e.